The van der Waals surface area contributed by atoms with Gasteiger partial charge in [-0.2, -0.15) is 0 Å². The number of imide groups is 1. The lowest BCUT2D eigenvalue weighted by Gasteiger charge is -2.29. The lowest BCUT2D eigenvalue weighted by atomic mass is 9.88. The van der Waals surface area contributed by atoms with E-state index in [-0.39, 0.29) is 18.4 Å². The molecule has 3 atom stereocenters. The predicted octanol–water partition coefficient (Wildman–Crippen LogP) is 4.96. The summed E-state index contributed by atoms with van der Waals surface area (Å²) in [7, 11) is 1.87. The van der Waals surface area contributed by atoms with Crippen molar-refractivity contribution in [3.8, 4) is 17.3 Å². The van der Waals surface area contributed by atoms with E-state index in [4.69, 9.17) is 9.72 Å². The molecule has 2 fully saturated rings. The molecule has 2 aliphatic heterocycles. The number of anilines is 1. The zero-order chi connectivity index (χ0) is 27.1. The Balaban J connectivity index is 1.13. The first-order chi connectivity index (χ1) is 18.9. The minimum absolute atomic E-state index is 0.164. The standard InChI is InChI=1S/C30H36N6O3/c1-19-6-4-5-7-25(19)39-23-11-8-21(9-12-23)17-35-18-22-10-13-24(32-28(22)20(35)2)29-31-16-27(34(29)3)36-15-14-26(37)33-30(36)38/h8-13,16,19-20,25H,4-7,14-15,17-18H2,1-3H3,(H,33,37,38)/t19-,20+,25+/m0/s1. The Labute approximate surface area is 229 Å². The third-order valence-electron chi connectivity index (χ3n) is 8.48. The molecule has 0 radical (unpaired) electrons. The normalized spacial score (nSPS) is 23.6. The number of pyridine rings is 1. The average molecular weight is 529 g/mol. The first kappa shape index (κ1) is 25.6. The van der Waals surface area contributed by atoms with Gasteiger partial charge in [0, 0.05) is 33.1 Å². The molecule has 39 heavy (non-hydrogen) atoms. The number of hydrogen-bond acceptors (Lipinski definition) is 6. The third-order valence-corrected chi connectivity index (χ3v) is 8.48. The summed E-state index contributed by atoms with van der Waals surface area (Å²) < 4.78 is 8.17. The number of rotatable bonds is 6. The van der Waals surface area contributed by atoms with Crippen LogP contribution in [0.4, 0.5) is 10.6 Å². The lowest BCUT2D eigenvalue weighted by Crippen LogP contribution is -2.50. The van der Waals surface area contributed by atoms with Gasteiger partial charge in [0.05, 0.1) is 17.9 Å². The Kier molecular flexibility index (Phi) is 6.85. The van der Waals surface area contributed by atoms with E-state index < -0.39 is 6.03 Å². The highest BCUT2D eigenvalue weighted by molar-refractivity contribution is 6.05. The van der Waals surface area contributed by atoms with Crippen LogP contribution in [0.15, 0.2) is 42.6 Å². The van der Waals surface area contributed by atoms with Gasteiger partial charge in [-0.1, -0.05) is 31.5 Å². The summed E-state index contributed by atoms with van der Waals surface area (Å²) in [5, 5.41) is 2.37. The fraction of sp³-hybridized carbons (Fsp3) is 0.467. The highest BCUT2D eigenvalue weighted by atomic mass is 16.5. The summed E-state index contributed by atoms with van der Waals surface area (Å²) in [6, 6.07) is 12.5. The van der Waals surface area contributed by atoms with Crippen LogP contribution in [0, 0.1) is 5.92 Å². The minimum atomic E-state index is -0.421. The number of nitrogens with zero attached hydrogens (tertiary/aromatic N) is 5. The smallest absolute Gasteiger partial charge is 0.329 e. The van der Waals surface area contributed by atoms with Gasteiger partial charge in [-0.25, -0.2) is 14.8 Å². The molecule has 1 aliphatic carbocycles. The zero-order valence-corrected chi connectivity index (χ0v) is 22.9. The second kappa shape index (κ2) is 10.4. The van der Waals surface area contributed by atoms with Crippen LogP contribution in [0.3, 0.4) is 0 Å². The van der Waals surface area contributed by atoms with Crippen LogP contribution in [0.5, 0.6) is 5.75 Å². The molecule has 9 nitrogen and oxygen atoms in total. The summed E-state index contributed by atoms with van der Waals surface area (Å²) >= 11 is 0. The van der Waals surface area contributed by atoms with Gasteiger partial charge in [-0.05, 0) is 61.4 Å². The topological polar surface area (TPSA) is 92.6 Å². The Bertz CT molecular complexity index is 1380. The summed E-state index contributed by atoms with van der Waals surface area (Å²) in [5.74, 6) is 2.65. The van der Waals surface area contributed by atoms with Crippen molar-refractivity contribution in [2.75, 3.05) is 11.4 Å². The summed E-state index contributed by atoms with van der Waals surface area (Å²) in [6.45, 7) is 6.51. The quantitative estimate of drug-likeness (QED) is 0.486. The highest BCUT2D eigenvalue weighted by Gasteiger charge is 2.31. The van der Waals surface area contributed by atoms with Gasteiger partial charge >= 0.3 is 6.03 Å². The largest absolute Gasteiger partial charge is 0.490 e. The van der Waals surface area contributed by atoms with E-state index in [2.05, 4.69) is 59.4 Å². The second-order valence-electron chi connectivity index (χ2n) is 11.1. The molecule has 0 spiro atoms. The van der Waals surface area contributed by atoms with Crippen LogP contribution in [0.25, 0.3) is 11.5 Å². The number of benzene rings is 1. The van der Waals surface area contributed by atoms with Crippen LogP contribution in [0.2, 0.25) is 0 Å². The second-order valence-corrected chi connectivity index (χ2v) is 11.1. The Hall–Kier alpha value is -3.72. The van der Waals surface area contributed by atoms with Gasteiger partial charge in [0.1, 0.15) is 23.4 Å². The maximum atomic E-state index is 12.3. The first-order valence-corrected chi connectivity index (χ1v) is 14.0. The Morgan fingerprint density at radius 3 is 2.62 bits per heavy atom. The van der Waals surface area contributed by atoms with E-state index in [1.54, 1.807) is 11.1 Å². The monoisotopic (exact) mass is 528 g/mol. The summed E-state index contributed by atoms with van der Waals surface area (Å²) in [6.07, 6.45) is 7.24. The number of imidazole rings is 1. The number of aromatic nitrogens is 3. The zero-order valence-electron chi connectivity index (χ0n) is 22.9. The molecule has 1 saturated carbocycles. The van der Waals surface area contributed by atoms with Gasteiger partial charge in [0.2, 0.25) is 5.91 Å². The van der Waals surface area contributed by atoms with Gasteiger partial charge < -0.3 is 9.30 Å². The van der Waals surface area contributed by atoms with Gasteiger partial charge in [0.25, 0.3) is 0 Å². The molecule has 3 aliphatic rings. The van der Waals surface area contributed by atoms with E-state index in [0.29, 0.717) is 30.2 Å². The maximum absolute atomic E-state index is 12.3. The summed E-state index contributed by atoms with van der Waals surface area (Å²) in [4.78, 5) is 37.4. The molecule has 9 heteroatoms. The number of amides is 3. The molecule has 1 aromatic carbocycles. The lowest BCUT2D eigenvalue weighted by molar-refractivity contribution is -0.120. The number of fused-ring (bicyclic) bond motifs is 1. The van der Waals surface area contributed by atoms with Crippen molar-refractivity contribution in [3.05, 3.63) is 59.4 Å². The van der Waals surface area contributed by atoms with Crippen molar-refractivity contribution in [3.63, 3.8) is 0 Å². The van der Waals surface area contributed by atoms with Crippen molar-refractivity contribution in [1.82, 2.24) is 24.8 Å². The Morgan fingerprint density at radius 1 is 1.05 bits per heavy atom. The van der Waals surface area contributed by atoms with E-state index in [0.717, 1.165) is 36.6 Å². The van der Waals surface area contributed by atoms with Crippen LogP contribution in [0.1, 0.15) is 68.8 Å². The fourth-order valence-corrected chi connectivity index (χ4v) is 6.06. The maximum Gasteiger partial charge on any atom is 0.329 e. The van der Waals surface area contributed by atoms with Crippen LogP contribution >= 0.6 is 0 Å². The number of carbonyl (C=O) groups is 2. The van der Waals surface area contributed by atoms with Crippen molar-refractivity contribution >= 4 is 17.8 Å². The molecule has 4 heterocycles. The van der Waals surface area contributed by atoms with Gasteiger partial charge in [-0.3, -0.25) is 19.9 Å². The Morgan fingerprint density at radius 2 is 1.85 bits per heavy atom. The third kappa shape index (κ3) is 5.03. The molecule has 2 aromatic heterocycles. The van der Waals surface area contributed by atoms with Crippen LogP contribution in [-0.2, 0) is 24.9 Å². The highest BCUT2D eigenvalue weighted by Crippen LogP contribution is 2.35. The fourth-order valence-electron chi connectivity index (χ4n) is 6.06. The minimum Gasteiger partial charge on any atom is -0.490 e. The molecule has 0 bridgehead atoms. The molecule has 6 rings (SSSR count). The van der Waals surface area contributed by atoms with Gasteiger partial charge in [0.15, 0.2) is 5.82 Å². The van der Waals surface area contributed by atoms with E-state index in [1.807, 2.05) is 17.7 Å². The van der Waals surface area contributed by atoms with E-state index in [9.17, 15) is 9.59 Å². The summed E-state index contributed by atoms with van der Waals surface area (Å²) in [5.41, 5.74) is 4.31. The molecule has 3 amide bonds. The number of ether oxygens (including phenoxy) is 1. The molecule has 3 aromatic rings. The number of nitrogens with one attached hydrogen (secondary N) is 1. The number of hydrogen-bond donors (Lipinski definition) is 1. The predicted molar refractivity (Wildman–Crippen MR) is 148 cm³/mol. The first-order valence-electron chi connectivity index (χ1n) is 14.0. The van der Waals surface area contributed by atoms with Crippen molar-refractivity contribution in [2.45, 2.75) is 71.2 Å². The SMILES string of the molecule is C[C@@H]1c2nc(-c3ncc(N4CCC(=O)NC4=O)n3C)ccc2CN1Cc1ccc(O[C@@H]2CCCC[C@@H]2C)cc1. The molecule has 1 N–H and O–H groups in total. The average Bonchev–Trinajstić information content (AvgIpc) is 3.45. The van der Waals surface area contributed by atoms with Gasteiger partial charge in [-0.15, -0.1) is 0 Å². The number of carbonyl (C=O) groups excluding carboxylic acids is 2. The molecule has 0 unspecified atom stereocenters. The molecule has 1 saturated heterocycles. The van der Waals surface area contributed by atoms with Crippen LogP contribution < -0.4 is 15.0 Å². The van der Waals surface area contributed by atoms with Crippen molar-refractivity contribution in [2.24, 2.45) is 13.0 Å². The molecular formula is C30H36N6O3. The molecular weight excluding hydrogens is 492 g/mol. The molecule has 204 valence electrons. The van der Waals surface area contributed by atoms with E-state index in [1.165, 1.54) is 30.4 Å². The van der Waals surface area contributed by atoms with Crippen LogP contribution in [-0.4, -0.2) is 44.0 Å². The van der Waals surface area contributed by atoms with Crippen molar-refractivity contribution < 1.29 is 14.3 Å². The number of urea groups is 1. The van der Waals surface area contributed by atoms with E-state index >= 15 is 0 Å². The van der Waals surface area contributed by atoms with Crippen molar-refractivity contribution in [1.29, 1.82) is 0 Å².